The molecule has 1 aromatic heterocycles. The van der Waals surface area contributed by atoms with E-state index in [0.717, 1.165) is 31.4 Å². The smallest absolute Gasteiger partial charge is 0.409 e. The van der Waals surface area contributed by atoms with Crippen LogP contribution in [0.15, 0.2) is 16.9 Å². The number of hydrogen-bond acceptors (Lipinski definition) is 3. The third-order valence-corrected chi connectivity index (χ3v) is 10.1. The molecule has 0 radical (unpaired) electrons. The fraction of sp³-hybridized carbons (Fsp3) is 0.667. The number of carbonyl (C=O) groups is 1. The lowest BCUT2D eigenvalue weighted by molar-refractivity contribution is 0.129. The van der Waals surface area contributed by atoms with Crippen LogP contribution in [-0.4, -0.2) is 30.6 Å². The first-order chi connectivity index (χ1) is 11.5. The van der Waals surface area contributed by atoms with Gasteiger partial charge >= 0.3 is 6.09 Å². The zero-order valence-corrected chi connectivity index (χ0v) is 16.8. The Bertz CT molecular complexity index is 670. The summed E-state index contributed by atoms with van der Waals surface area (Å²) in [5, 5.41) is 11.0. The van der Waals surface area contributed by atoms with Gasteiger partial charge in [0.1, 0.15) is 5.69 Å². The summed E-state index contributed by atoms with van der Waals surface area (Å²) >= 11 is 0. The van der Waals surface area contributed by atoms with E-state index in [1.807, 2.05) is 6.07 Å². The van der Waals surface area contributed by atoms with Gasteiger partial charge in [-0.25, -0.2) is 4.79 Å². The van der Waals surface area contributed by atoms with Crippen molar-refractivity contribution >= 4 is 20.1 Å². The summed E-state index contributed by atoms with van der Waals surface area (Å²) in [6, 6.07) is 3.35. The number of H-pyrrole nitrogens is 1. The van der Waals surface area contributed by atoms with Gasteiger partial charge in [0, 0.05) is 11.8 Å². The predicted octanol–water partition coefficient (Wildman–Crippen LogP) is 4.51. The van der Waals surface area contributed by atoms with Crippen LogP contribution in [0.5, 0.6) is 0 Å². The number of aromatic nitrogens is 1. The Balaban J connectivity index is 1.97. The minimum atomic E-state index is -1.75. The van der Waals surface area contributed by atoms with Crippen LogP contribution >= 0.6 is 0 Å². The molecule has 0 spiro atoms. The van der Waals surface area contributed by atoms with Gasteiger partial charge < -0.3 is 14.5 Å². The molecule has 1 fully saturated rings. The standard InChI is InChI=1S/C18H30N2O4Si/c1-18(2,3)25(4,5)24-13-8-6-12(7-9-13)14-10-11-15(16(21)19-14)20-17(22)23/h10-13,20H,6-9H2,1-5H3,(H,19,21)(H,22,23). The Morgan fingerprint density at radius 1 is 1.24 bits per heavy atom. The molecule has 0 saturated heterocycles. The third kappa shape index (κ3) is 4.95. The van der Waals surface area contributed by atoms with Crippen molar-refractivity contribution in [2.75, 3.05) is 5.32 Å². The first kappa shape index (κ1) is 19.7. The Kier molecular flexibility index (Phi) is 5.78. The van der Waals surface area contributed by atoms with E-state index in [4.69, 9.17) is 9.53 Å². The Hall–Kier alpha value is -1.60. The highest BCUT2D eigenvalue weighted by Crippen LogP contribution is 2.40. The molecule has 0 aliphatic heterocycles. The van der Waals surface area contributed by atoms with E-state index >= 15 is 0 Å². The van der Waals surface area contributed by atoms with Gasteiger partial charge in [-0.3, -0.25) is 10.1 Å². The van der Waals surface area contributed by atoms with Crippen LogP contribution in [-0.2, 0) is 4.43 Å². The van der Waals surface area contributed by atoms with E-state index in [2.05, 4.69) is 44.2 Å². The fourth-order valence-corrected chi connectivity index (χ4v) is 4.45. The lowest BCUT2D eigenvalue weighted by atomic mass is 9.85. The molecule has 25 heavy (non-hydrogen) atoms. The molecule has 0 atom stereocenters. The van der Waals surface area contributed by atoms with Gasteiger partial charge in [0.15, 0.2) is 8.32 Å². The minimum Gasteiger partial charge on any atom is -0.465 e. The van der Waals surface area contributed by atoms with Crippen molar-refractivity contribution in [2.45, 2.75) is 76.6 Å². The minimum absolute atomic E-state index is 0.0613. The molecule has 1 aromatic rings. The van der Waals surface area contributed by atoms with Crippen LogP contribution in [0.1, 0.15) is 58.1 Å². The van der Waals surface area contributed by atoms with Crippen LogP contribution in [0.25, 0.3) is 0 Å². The third-order valence-electron chi connectivity index (χ3n) is 5.56. The van der Waals surface area contributed by atoms with Crippen molar-refractivity contribution < 1.29 is 14.3 Å². The largest absolute Gasteiger partial charge is 0.465 e. The highest BCUT2D eigenvalue weighted by Gasteiger charge is 2.39. The van der Waals surface area contributed by atoms with Gasteiger partial charge in [-0.05, 0) is 61.9 Å². The number of anilines is 1. The molecule has 2 rings (SSSR count). The van der Waals surface area contributed by atoms with E-state index in [1.54, 1.807) is 6.07 Å². The van der Waals surface area contributed by atoms with Crippen molar-refractivity contribution in [1.29, 1.82) is 0 Å². The quantitative estimate of drug-likeness (QED) is 0.684. The number of aromatic amines is 1. The van der Waals surface area contributed by atoms with Crippen molar-refractivity contribution in [2.24, 2.45) is 0 Å². The number of nitrogens with one attached hydrogen (secondary N) is 2. The van der Waals surface area contributed by atoms with Crippen LogP contribution in [0.4, 0.5) is 10.5 Å². The summed E-state index contributed by atoms with van der Waals surface area (Å²) in [5.41, 5.74) is 0.553. The summed E-state index contributed by atoms with van der Waals surface area (Å²) in [5.74, 6) is 0.297. The second-order valence-corrected chi connectivity index (χ2v) is 13.2. The first-order valence-corrected chi connectivity index (χ1v) is 11.8. The van der Waals surface area contributed by atoms with Gasteiger partial charge in [-0.2, -0.15) is 0 Å². The molecule has 1 amide bonds. The molecule has 1 saturated carbocycles. The maximum atomic E-state index is 12.0. The summed E-state index contributed by atoms with van der Waals surface area (Å²) in [7, 11) is -1.75. The monoisotopic (exact) mass is 366 g/mol. The average molecular weight is 367 g/mol. The fourth-order valence-electron chi connectivity index (χ4n) is 3.03. The van der Waals surface area contributed by atoms with Crippen LogP contribution < -0.4 is 10.9 Å². The van der Waals surface area contributed by atoms with Crippen molar-refractivity contribution in [1.82, 2.24) is 4.98 Å². The molecule has 140 valence electrons. The molecular weight excluding hydrogens is 336 g/mol. The van der Waals surface area contributed by atoms with E-state index in [-0.39, 0.29) is 16.3 Å². The summed E-state index contributed by atoms with van der Waals surface area (Å²) in [6.45, 7) is 11.3. The molecule has 3 N–H and O–H groups in total. The zero-order valence-electron chi connectivity index (χ0n) is 15.8. The zero-order chi connectivity index (χ0) is 18.8. The van der Waals surface area contributed by atoms with Gasteiger partial charge in [-0.1, -0.05) is 20.8 Å². The Morgan fingerprint density at radius 2 is 1.84 bits per heavy atom. The van der Waals surface area contributed by atoms with Gasteiger partial charge in [-0.15, -0.1) is 0 Å². The SMILES string of the molecule is CC(C)(C)[Si](C)(C)OC1CCC(c2ccc(NC(=O)O)c(=O)[nH]2)CC1. The van der Waals surface area contributed by atoms with Crippen LogP contribution in [0.3, 0.4) is 0 Å². The van der Waals surface area contributed by atoms with Crippen molar-refractivity contribution in [3.05, 3.63) is 28.2 Å². The average Bonchev–Trinajstić information content (AvgIpc) is 2.48. The second-order valence-electron chi connectivity index (χ2n) is 8.44. The van der Waals surface area contributed by atoms with E-state index < -0.39 is 14.4 Å². The number of carboxylic acid groups (broad SMARTS) is 1. The summed E-state index contributed by atoms with van der Waals surface area (Å²) in [6.07, 6.45) is 3.00. The maximum Gasteiger partial charge on any atom is 0.409 e. The van der Waals surface area contributed by atoms with Crippen molar-refractivity contribution in [3.8, 4) is 0 Å². The lowest BCUT2D eigenvalue weighted by Gasteiger charge is -2.41. The topological polar surface area (TPSA) is 91.4 Å². The van der Waals surface area contributed by atoms with Crippen LogP contribution in [0.2, 0.25) is 18.1 Å². The molecule has 1 aliphatic carbocycles. The molecule has 0 unspecified atom stereocenters. The Morgan fingerprint density at radius 3 is 2.32 bits per heavy atom. The number of pyridine rings is 1. The Labute approximate surface area is 150 Å². The van der Waals surface area contributed by atoms with E-state index in [0.29, 0.717) is 12.0 Å². The molecule has 0 aromatic carbocycles. The second kappa shape index (κ2) is 7.33. The van der Waals surface area contributed by atoms with Gasteiger partial charge in [0.25, 0.3) is 5.56 Å². The highest BCUT2D eigenvalue weighted by atomic mass is 28.4. The highest BCUT2D eigenvalue weighted by molar-refractivity contribution is 6.74. The maximum absolute atomic E-state index is 12.0. The van der Waals surface area contributed by atoms with Crippen molar-refractivity contribution in [3.63, 3.8) is 0 Å². The lowest BCUT2D eigenvalue weighted by Crippen LogP contribution is -2.44. The summed E-state index contributed by atoms with van der Waals surface area (Å²) in [4.78, 5) is 25.5. The van der Waals surface area contributed by atoms with E-state index in [9.17, 15) is 9.59 Å². The first-order valence-electron chi connectivity index (χ1n) is 8.90. The van der Waals surface area contributed by atoms with Crippen LogP contribution in [0, 0.1) is 0 Å². The van der Waals surface area contributed by atoms with Gasteiger partial charge in [0.2, 0.25) is 0 Å². The molecule has 6 nitrogen and oxygen atoms in total. The molecule has 7 heteroatoms. The molecule has 1 aliphatic rings. The van der Waals surface area contributed by atoms with E-state index in [1.165, 1.54) is 0 Å². The predicted molar refractivity (Wildman–Crippen MR) is 102 cm³/mol. The number of amides is 1. The number of hydrogen-bond donors (Lipinski definition) is 3. The normalized spacial score (nSPS) is 21.8. The van der Waals surface area contributed by atoms with Gasteiger partial charge in [0.05, 0.1) is 0 Å². The molecular formula is C18H30N2O4Si. The summed E-state index contributed by atoms with van der Waals surface area (Å²) < 4.78 is 6.51. The molecule has 1 heterocycles. The molecule has 0 bridgehead atoms. The number of rotatable bonds is 4.